The van der Waals surface area contributed by atoms with Gasteiger partial charge in [0.1, 0.15) is 13.7 Å². The van der Waals surface area contributed by atoms with Crippen LogP contribution in [0.2, 0.25) is 0 Å². The van der Waals surface area contributed by atoms with Crippen molar-refractivity contribution in [1.29, 1.82) is 0 Å². The molecule has 104 valence electrons. The Morgan fingerprint density at radius 2 is 2.05 bits per heavy atom. The molecule has 1 aromatic heterocycles. The highest BCUT2D eigenvalue weighted by Gasteiger charge is 2.44. The van der Waals surface area contributed by atoms with Gasteiger partial charge in [0.05, 0.1) is 10.8 Å². The molecule has 1 fully saturated rings. The van der Waals surface area contributed by atoms with Crippen molar-refractivity contribution in [3.05, 3.63) is 47.5 Å². The van der Waals surface area contributed by atoms with Gasteiger partial charge in [0.2, 0.25) is 11.6 Å². The van der Waals surface area contributed by atoms with Crippen LogP contribution in [0.4, 0.5) is 0 Å². The second-order valence-electron chi connectivity index (χ2n) is 5.84. The maximum atomic E-state index is 12.1. The molecule has 1 saturated carbocycles. The minimum Gasteiger partial charge on any atom is -0.290 e. The second-order valence-corrected chi connectivity index (χ2v) is 6.51. The van der Waals surface area contributed by atoms with Crippen LogP contribution < -0.4 is 0 Å². The lowest BCUT2D eigenvalue weighted by atomic mass is 9.82. The molecule has 2 radical (unpaired) electrons. The van der Waals surface area contributed by atoms with Gasteiger partial charge in [-0.2, -0.15) is 0 Å². The molecule has 1 aromatic carbocycles. The molecule has 0 unspecified atom stereocenters. The van der Waals surface area contributed by atoms with Crippen LogP contribution in [0, 0.1) is 5.92 Å². The Labute approximate surface area is 128 Å². The fraction of sp³-hybridized carbons (Fsp3) is 0.400. The normalized spacial score (nSPS) is 27.6. The summed E-state index contributed by atoms with van der Waals surface area (Å²) < 4.78 is 0.646. The van der Waals surface area contributed by atoms with E-state index in [2.05, 4.69) is 10.1 Å². The summed E-state index contributed by atoms with van der Waals surface area (Å²) in [5.74, 6) is 0.840. The number of carbonyl (C=O) groups excluding carboxylic acids is 1. The minimum atomic E-state index is -1.07. The number of ketones is 1. The average Bonchev–Trinajstić information content (AvgIpc) is 3.17. The van der Waals surface area contributed by atoms with E-state index in [-0.39, 0.29) is 23.6 Å². The Bertz CT molecular complexity index is 709. The molecule has 21 heavy (non-hydrogen) atoms. The predicted molar refractivity (Wildman–Crippen MR) is 79.6 cm³/mol. The number of Topliss-reactive ketones (excluding diaryl/α,β-unsaturated/α-hetero) is 1. The zero-order valence-corrected chi connectivity index (χ0v) is 12.1. The number of fused-ring (bicyclic) bond motifs is 1. The summed E-state index contributed by atoms with van der Waals surface area (Å²) in [6.07, 6.45) is 2.38. The van der Waals surface area contributed by atoms with Gasteiger partial charge in [-0.15, -0.1) is 16.7 Å². The van der Waals surface area contributed by atoms with E-state index in [4.69, 9.17) is 19.4 Å². The quantitative estimate of drug-likeness (QED) is 0.496. The number of hydrogen-bond donors (Lipinski definition) is 0. The molecule has 0 bridgehead atoms. The van der Waals surface area contributed by atoms with Gasteiger partial charge >= 0.3 is 0 Å². The lowest BCUT2D eigenvalue weighted by Gasteiger charge is -2.15. The van der Waals surface area contributed by atoms with E-state index >= 15 is 0 Å². The monoisotopic (exact) mass is 297 g/mol. The number of rotatable bonds is 3. The van der Waals surface area contributed by atoms with Gasteiger partial charge in [-0.1, -0.05) is 30.3 Å². The van der Waals surface area contributed by atoms with Crippen LogP contribution >= 0.6 is 11.6 Å². The SMILES string of the molecule is [B][C@]1(Cl)C[C@@H](c2ccccc2)n2nc(C(=O)C3CC3)nc21. The molecule has 2 aromatic rings. The third kappa shape index (κ3) is 2.11. The Hall–Kier alpha value is -1.62. The smallest absolute Gasteiger partial charge is 0.217 e. The first-order chi connectivity index (χ1) is 10.1. The highest BCUT2D eigenvalue weighted by molar-refractivity contribution is 6.44. The maximum absolute atomic E-state index is 12.1. The van der Waals surface area contributed by atoms with Gasteiger partial charge in [0, 0.05) is 5.92 Å². The first-order valence-electron chi connectivity index (χ1n) is 7.10. The molecule has 2 heterocycles. The molecule has 0 spiro atoms. The van der Waals surface area contributed by atoms with Crippen LogP contribution in [-0.4, -0.2) is 28.4 Å². The molecular formula is C15H13BClN3O. The zero-order chi connectivity index (χ0) is 14.6. The third-order valence-electron chi connectivity index (χ3n) is 4.14. The number of aromatic nitrogens is 3. The second kappa shape index (κ2) is 4.44. The van der Waals surface area contributed by atoms with E-state index in [0.717, 1.165) is 18.4 Å². The first-order valence-corrected chi connectivity index (χ1v) is 7.48. The first kappa shape index (κ1) is 13.1. The van der Waals surface area contributed by atoms with Crippen LogP contribution in [0.5, 0.6) is 0 Å². The zero-order valence-electron chi connectivity index (χ0n) is 11.4. The molecule has 1 aliphatic heterocycles. The summed E-state index contributed by atoms with van der Waals surface area (Å²) in [5.41, 5.74) is 1.07. The molecule has 0 amide bonds. The summed E-state index contributed by atoms with van der Waals surface area (Å²) in [5, 5.41) is 4.40. The Balaban J connectivity index is 1.77. The molecule has 2 aliphatic rings. The topological polar surface area (TPSA) is 47.8 Å². The molecule has 6 heteroatoms. The molecule has 4 nitrogen and oxygen atoms in total. The van der Waals surface area contributed by atoms with Crippen LogP contribution in [0.15, 0.2) is 30.3 Å². The highest BCUT2D eigenvalue weighted by Crippen LogP contribution is 2.44. The van der Waals surface area contributed by atoms with E-state index in [1.54, 1.807) is 4.68 Å². The van der Waals surface area contributed by atoms with Crippen molar-refractivity contribution in [2.24, 2.45) is 5.92 Å². The summed E-state index contributed by atoms with van der Waals surface area (Å²) in [6.45, 7) is 0. The van der Waals surface area contributed by atoms with Crippen molar-refractivity contribution >= 4 is 25.2 Å². The van der Waals surface area contributed by atoms with Crippen molar-refractivity contribution in [2.45, 2.75) is 30.1 Å². The van der Waals surface area contributed by atoms with Crippen molar-refractivity contribution in [2.75, 3.05) is 0 Å². The summed E-state index contributed by atoms with van der Waals surface area (Å²) >= 11 is 6.40. The summed E-state index contributed by atoms with van der Waals surface area (Å²) in [7, 11) is 6.15. The fourth-order valence-electron chi connectivity index (χ4n) is 2.85. The van der Waals surface area contributed by atoms with E-state index in [0.29, 0.717) is 12.2 Å². The lowest BCUT2D eigenvalue weighted by molar-refractivity contribution is 0.0957. The molecule has 0 N–H and O–H groups in total. The van der Waals surface area contributed by atoms with Crippen molar-refractivity contribution < 1.29 is 4.79 Å². The number of nitrogens with zero attached hydrogens (tertiary/aromatic N) is 3. The van der Waals surface area contributed by atoms with Crippen LogP contribution in [-0.2, 0) is 4.77 Å². The fourth-order valence-corrected chi connectivity index (χ4v) is 3.12. The van der Waals surface area contributed by atoms with Gasteiger partial charge < -0.3 is 0 Å². The molecular weight excluding hydrogens is 284 g/mol. The van der Waals surface area contributed by atoms with Gasteiger partial charge in [0.15, 0.2) is 0 Å². The highest BCUT2D eigenvalue weighted by atomic mass is 35.5. The molecule has 2 atom stereocenters. The van der Waals surface area contributed by atoms with Gasteiger partial charge in [0.25, 0.3) is 0 Å². The van der Waals surface area contributed by atoms with Crippen LogP contribution in [0.1, 0.15) is 47.3 Å². The third-order valence-corrected chi connectivity index (χ3v) is 4.46. The number of carbonyl (C=O) groups is 1. The molecule has 4 rings (SSSR count). The Kier molecular flexibility index (Phi) is 2.76. The summed E-state index contributed by atoms with van der Waals surface area (Å²) in [4.78, 5) is 16.5. The number of benzene rings is 1. The van der Waals surface area contributed by atoms with Gasteiger partial charge in [-0.3, -0.25) is 4.79 Å². The number of alkyl halides is 1. The van der Waals surface area contributed by atoms with Crippen LogP contribution in [0.25, 0.3) is 0 Å². The Morgan fingerprint density at radius 3 is 2.71 bits per heavy atom. The largest absolute Gasteiger partial charge is 0.290 e. The number of hydrogen-bond acceptors (Lipinski definition) is 3. The van der Waals surface area contributed by atoms with E-state index < -0.39 is 4.77 Å². The van der Waals surface area contributed by atoms with Crippen LogP contribution in [0.3, 0.4) is 0 Å². The summed E-state index contributed by atoms with van der Waals surface area (Å²) in [6, 6.07) is 9.84. The van der Waals surface area contributed by atoms with Gasteiger partial charge in [-0.05, 0) is 24.8 Å². The van der Waals surface area contributed by atoms with E-state index in [1.807, 2.05) is 30.3 Å². The maximum Gasteiger partial charge on any atom is 0.217 e. The van der Waals surface area contributed by atoms with E-state index in [1.165, 1.54) is 0 Å². The Morgan fingerprint density at radius 1 is 1.33 bits per heavy atom. The number of halogens is 1. The predicted octanol–water partition coefficient (Wildman–Crippen LogP) is 2.42. The van der Waals surface area contributed by atoms with Gasteiger partial charge in [-0.25, -0.2) is 9.67 Å². The molecule has 1 aliphatic carbocycles. The average molecular weight is 298 g/mol. The minimum absolute atomic E-state index is 0.0104. The molecule has 0 saturated heterocycles. The van der Waals surface area contributed by atoms with E-state index in [9.17, 15) is 4.79 Å². The lowest BCUT2D eigenvalue weighted by Crippen LogP contribution is -2.17. The van der Waals surface area contributed by atoms with Crippen molar-refractivity contribution in [3.8, 4) is 0 Å². The van der Waals surface area contributed by atoms with Crippen molar-refractivity contribution in [3.63, 3.8) is 0 Å². The van der Waals surface area contributed by atoms with Crippen molar-refractivity contribution in [1.82, 2.24) is 14.8 Å². The standard InChI is InChI=1S/C15H13BClN3O/c16-15(17)8-11(9-4-2-1-3-5-9)20-14(15)18-13(19-20)12(21)10-6-7-10/h1-5,10-11H,6-8H2/t11-,15-/m0/s1.